The van der Waals surface area contributed by atoms with E-state index in [1.165, 1.54) is 0 Å². The largest absolute Gasteiger partial charge is 0.325 e. The molecule has 54 valence electrons. The summed E-state index contributed by atoms with van der Waals surface area (Å²) in [5.74, 6) is 0. The summed E-state index contributed by atoms with van der Waals surface area (Å²) in [6.07, 6.45) is 1.12. The summed E-state index contributed by atoms with van der Waals surface area (Å²) < 4.78 is 12.5. The van der Waals surface area contributed by atoms with Crippen molar-refractivity contribution in [3.8, 4) is 0 Å². The first-order valence-electron chi connectivity index (χ1n) is 3.03. The van der Waals surface area contributed by atoms with Crippen molar-refractivity contribution in [1.82, 2.24) is 4.67 Å². The van der Waals surface area contributed by atoms with E-state index >= 15 is 0 Å². The minimum atomic E-state index is -0.697. The first-order chi connectivity index (χ1) is 4.34. The number of nitrogens with zero attached hydrogens (tertiary/aromatic N) is 1. The van der Waals surface area contributed by atoms with Crippen molar-refractivity contribution in [2.45, 2.75) is 6.42 Å². The van der Waals surface area contributed by atoms with Gasteiger partial charge in [-0.3, -0.25) is 0 Å². The Morgan fingerprint density at radius 3 is 2.89 bits per heavy atom. The Morgan fingerprint density at radius 2 is 2.44 bits per heavy atom. The zero-order chi connectivity index (χ0) is 6.69. The van der Waals surface area contributed by atoms with Gasteiger partial charge in [-0.05, 0) is 13.5 Å². The average molecular weight is 149 g/mol. The SMILES string of the molecule is COP1OCCCN1C. The highest BCUT2D eigenvalue weighted by Crippen LogP contribution is 2.42. The zero-order valence-electron chi connectivity index (χ0n) is 5.83. The standard InChI is InChI=1S/C5H12NO2P/c1-6-4-3-5-8-9(6)7-2/h3-5H2,1-2H3. The molecule has 0 aromatic heterocycles. The van der Waals surface area contributed by atoms with Gasteiger partial charge in [0.1, 0.15) is 0 Å². The smallest absolute Gasteiger partial charge is 0.258 e. The van der Waals surface area contributed by atoms with E-state index in [2.05, 4.69) is 4.67 Å². The molecule has 0 spiro atoms. The molecule has 1 saturated heterocycles. The molecular formula is C5H12NO2P. The molecule has 0 bridgehead atoms. The predicted octanol–water partition coefficient (Wildman–Crippen LogP) is 1.21. The van der Waals surface area contributed by atoms with E-state index in [9.17, 15) is 0 Å². The molecule has 1 aliphatic heterocycles. The summed E-state index contributed by atoms with van der Waals surface area (Å²) in [4.78, 5) is 0. The fourth-order valence-electron chi connectivity index (χ4n) is 0.808. The summed E-state index contributed by atoms with van der Waals surface area (Å²) in [6, 6.07) is 0. The lowest BCUT2D eigenvalue weighted by Crippen LogP contribution is -2.22. The van der Waals surface area contributed by atoms with Crippen LogP contribution in [0.25, 0.3) is 0 Å². The monoisotopic (exact) mass is 149 g/mol. The van der Waals surface area contributed by atoms with E-state index in [4.69, 9.17) is 9.05 Å². The van der Waals surface area contributed by atoms with Crippen LogP contribution in [0, 0.1) is 0 Å². The first kappa shape index (κ1) is 7.42. The van der Waals surface area contributed by atoms with Gasteiger partial charge in [0, 0.05) is 13.7 Å². The minimum absolute atomic E-state index is 0.697. The Hall–Kier alpha value is 0.310. The third-order valence-electron chi connectivity index (χ3n) is 1.26. The summed E-state index contributed by atoms with van der Waals surface area (Å²) in [5.41, 5.74) is 0. The van der Waals surface area contributed by atoms with Crippen molar-refractivity contribution >= 4 is 8.53 Å². The Balaban J connectivity index is 2.30. The maximum atomic E-state index is 5.31. The molecule has 0 amide bonds. The van der Waals surface area contributed by atoms with Crippen LogP contribution in [0.15, 0.2) is 0 Å². The molecule has 1 rings (SSSR count). The van der Waals surface area contributed by atoms with Crippen LogP contribution in [-0.4, -0.2) is 32.0 Å². The van der Waals surface area contributed by atoms with Gasteiger partial charge in [0.2, 0.25) is 0 Å². The Bertz CT molecular complexity index is 91.0. The van der Waals surface area contributed by atoms with Crippen LogP contribution in [0.1, 0.15) is 6.42 Å². The molecule has 1 heterocycles. The lowest BCUT2D eigenvalue weighted by molar-refractivity contribution is 0.200. The quantitative estimate of drug-likeness (QED) is 0.523. The second kappa shape index (κ2) is 3.47. The van der Waals surface area contributed by atoms with Crippen molar-refractivity contribution in [2.75, 3.05) is 27.3 Å². The van der Waals surface area contributed by atoms with Gasteiger partial charge in [0.25, 0.3) is 8.53 Å². The molecule has 0 aliphatic carbocycles. The minimum Gasteiger partial charge on any atom is -0.325 e. The molecule has 4 heteroatoms. The van der Waals surface area contributed by atoms with E-state index in [0.717, 1.165) is 19.6 Å². The van der Waals surface area contributed by atoms with Crippen LogP contribution in [0.3, 0.4) is 0 Å². The van der Waals surface area contributed by atoms with Crippen LogP contribution in [0.2, 0.25) is 0 Å². The van der Waals surface area contributed by atoms with Crippen LogP contribution in [0.4, 0.5) is 0 Å². The molecule has 1 fully saturated rings. The highest BCUT2D eigenvalue weighted by atomic mass is 31.2. The lowest BCUT2D eigenvalue weighted by atomic mass is 10.5. The van der Waals surface area contributed by atoms with Gasteiger partial charge in [-0.25, -0.2) is 4.67 Å². The molecular weight excluding hydrogens is 137 g/mol. The predicted molar refractivity (Wildman–Crippen MR) is 37.1 cm³/mol. The molecule has 0 radical (unpaired) electrons. The van der Waals surface area contributed by atoms with Crippen molar-refractivity contribution in [3.63, 3.8) is 0 Å². The van der Waals surface area contributed by atoms with Crippen LogP contribution in [0.5, 0.6) is 0 Å². The van der Waals surface area contributed by atoms with Crippen molar-refractivity contribution < 1.29 is 9.05 Å². The van der Waals surface area contributed by atoms with E-state index < -0.39 is 8.53 Å². The Labute approximate surface area is 56.9 Å². The third kappa shape index (κ3) is 1.87. The van der Waals surface area contributed by atoms with Crippen LogP contribution in [-0.2, 0) is 9.05 Å². The Morgan fingerprint density at radius 1 is 1.67 bits per heavy atom. The third-order valence-corrected chi connectivity index (χ3v) is 2.74. The van der Waals surface area contributed by atoms with E-state index in [-0.39, 0.29) is 0 Å². The number of rotatable bonds is 1. The van der Waals surface area contributed by atoms with Gasteiger partial charge in [-0.1, -0.05) is 0 Å². The van der Waals surface area contributed by atoms with Gasteiger partial charge < -0.3 is 9.05 Å². The number of hydrogen-bond donors (Lipinski definition) is 0. The molecule has 1 aliphatic rings. The second-order valence-corrected chi connectivity index (χ2v) is 3.77. The Kier molecular flexibility index (Phi) is 2.86. The van der Waals surface area contributed by atoms with Gasteiger partial charge in [0.05, 0.1) is 6.61 Å². The van der Waals surface area contributed by atoms with E-state index in [1.807, 2.05) is 7.05 Å². The molecule has 0 aromatic rings. The summed E-state index contributed by atoms with van der Waals surface area (Å²) in [7, 11) is 3.01. The molecule has 0 N–H and O–H groups in total. The highest BCUT2D eigenvalue weighted by Gasteiger charge is 2.19. The van der Waals surface area contributed by atoms with Crippen molar-refractivity contribution in [3.05, 3.63) is 0 Å². The van der Waals surface area contributed by atoms with Gasteiger partial charge in [-0.2, -0.15) is 0 Å². The van der Waals surface area contributed by atoms with Gasteiger partial charge in [0.15, 0.2) is 0 Å². The van der Waals surface area contributed by atoms with E-state index in [1.54, 1.807) is 7.11 Å². The molecule has 0 aromatic carbocycles. The van der Waals surface area contributed by atoms with Crippen molar-refractivity contribution in [2.24, 2.45) is 0 Å². The number of hydrogen-bond acceptors (Lipinski definition) is 3. The summed E-state index contributed by atoms with van der Waals surface area (Å²) >= 11 is 0. The molecule has 1 unspecified atom stereocenters. The summed E-state index contributed by atoms with van der Waals surface area (Å²) in [6.45, 7) is 1.95. The lowest BCUT2D eigenvalue weighted by Gasteiger charge is -2.28. The van der Waals surface area contributed by atoms with Crippen LogP contribution >= 0.6 is 8.53 Å². The molecule has 0 saturated carbocycles. The average Bonchev–Trinajstić information content (AvgIpc) is 1.89. The highest BCUT2D eigenvalue weighted by molar-refractivity contribution is 7.44. The summed E-state index contributed by atoms with van der Waals surface area (Å²) in [5, 5.41) is 0. The first-order valence-corrected chi connectivity index (χ1v) is 4.16. The van der Waals surface area contributed by atoms with Crippen molar-refractivity contribution in [1.29, 1.82) is 0 Å². The maximum absolute atomic E-state index is 5.31. The fraction of sp³-hybridized carbons (Fsp3) is 1.00. The van der Waals surface area contributed by atoms with E-state index in [0.29, 0.717) is 0 Å². The van der Waals surface area contributed by atoms with Gasteiger partial charge >= 0.3 is 0 Å². The second-order valence-electron chi connectivity index (χ2n) is 1.99. The zero-order valence-corrected chi connectivity index (χ0v) is 6.73. The molecule has 1 atom stereocenters. The molecule has 9 heavy (non-hydrogen) atoms. The fourth-order valence-corrected chi connectivity index (χ4v) is 1.98. The topological polar surface area (TPSA) is 21.7 Å². The normalized spacial score (nSPS) is 30.7. The van der Waals surface area contributed by atoms with Crippen LogP contribution < -0.4 is 0 Å². The molecule has 3 nitrogen and oxygen atoms in total. The maximum Gasteiger partial charge on any atom is 0.258 e. The van der Waals surface area contributed by atoms with Gasteiger partial charge in [-0.15, -0.1) is 0 Å².